The Morgan fingerprint density at radius 3 is 2.57 bits per heavy atom. The first-order valence-electron chi connectivity index (χ1n) is 8.76. The summed E-state index contributed by atoms with van der Waals surface area (Å²) < 4.78 is 15.8. The molecule has 0 fully saturated rings. The van der Waals surface area contributed by atoms with Crippen LogP contribution in [0.15, 0.2) is 53.3 Å². The number of hydrogen-bond donors (Lipinski definition) is 1. The number of nitrogens with one attached hydrogen (secondary N) is 1. The summed E-state index contributed by atoms with van der Waals surface area (Å²) in [6.45, 7) is 4.25. The molecule has 2 heterocycles. The van der Waals surface area contributed by atoms with Crippen molar-refractivity contribution in [3.05, 3.63) is 81.7 Å². The summed E-state index contributed by atoms with van der Waals surface area (Å²) in [5, 5.41) is 11.4. The lowest BCUT2D eigenvalue weighted by Gasteiger charge is -2.08. The minimum absolute atomic E-state index is 0.224. The van der Waals surface area contributed by atoms with E-state index in [0.29, 0.717) is 11.4 Å². The fraction of sp³-hybridized carbons (Fsp3) is 0.200. The fourth-order valence-corrected chi connectivity index (χ4v) is 2.66. The summed E-state index contributed by atoms with van der Waals surface area (Å²) in [4.78, 5) is 23.9. The van der Waals surface area contributed by atoms with Gasteiger partial charge in [0.1, 0.15) is 5.82 Å². The highest BCUT2D eigenvalue weighted by Gasteiger charge is 2.07. The highest BCUT2D eigenvalue weighted by atomic mass is 19.1. The Balaban J connectivity index is 1.60. The number of carbonyl (C=O) groups excluding carboxylic acids is 1. The molecule has 0 aliphatic rings. The fourth-order valence-electron chi connectivity index (χ4n) is 2.66. The molecular formula is C20H20FN5O2. The zero-order valence-corrected chi connectivity index (χ0v) is 15.6. The minimum Gasteiger partial charge on any atom is -0.351 e. The molecule has 3 aromatic rings. The maximum Gasteiger partial charge on any atom is 0.266 e. The Kier molecular flexibility index (Phi) is 5.78. The normalized spacial score (nSPS) is 11.1. The molecule has 0 spiro atoms. The van der Waals surface area contributed by atoms with Crippen molar-refractivity contribution < 1.29 is 9.18 Å². The maximum atomic E-state index is 12.9. The largest absolute Gasteiger partial charge is 0.351 e. The number of amides is 1. The van der Waals surface area contributed by atoms with E-state index in [1.807, 2.05) is 19.9 Å². The molecule has 7 nitrogen and oxygen atoms in total. The van der Waals surface area contributed by atoms with Crippen molar-refractivity contribution in [1.82, 2.24) is 24.9 Å². The maximum absolute atomic E-state index is 12.9. The van der Waals surface area contributed by atoms with Crippen LogP contribution in [0, 0.1) is 19.7 Å². The van der Waals surface area contributed by atoms with Gasteiger partial charge in [0.05, 0.1) is 12.2 Å². The number of hydrogen-bond acceptors (Lipinski definition) is 4. The van der Waals surface area contributed by atoms with Crippen molar-refractivity contribution in [3.8, 4) is 5.82 Å². The molecule has 0 aliphatic carbocycles. The number of halogens is 1. The van der Waals surface area contributed by atoms with Crippen molar-refractivity contribution in [2.75, 3.05) is 6.54 Å². The molecule has 3 rings (SSSR count). The van der Waals surface area contributed by atoms with Crippen LogP contribution in [0.5, 0.6) is 0 Å². The van der Waals surface area contributed by atoms with Crippen LogP contribution in [0.25, 0.3) is 11.9 Å². The molecule has 28 heavy (non-hydrogen) atoms. The third-order valence-electron chi connectivity index (χ3n) is 4.00. The van der Waals surface area contributed by atoms with Crippen molar-refractivity contribution in [3.63, 3.8) is 0 Å². The topological polar surface area (TPSA) is 81.8 Å². The second-order valence-corrected chi connectivity index (χ2v) is 6.27. The Morgan fingerprint density at radius 1 is 1.14 bits per heavy atom. The van der Waals surface area contributed by atoms with E-state index in [9.17, 15) is 14.0 Å². The highest BCUT2D eigenvalue weighted by molar-refractivity contribution is 5.91. The molecule has 1 N–H and O–H groups in total. The average Bonchev–Trinajstić information content (AvgIpc) is 3.01. The van der Waals surface area contributed by atoms with Gasteiger partial charge in [-0.2, -0.15) is 5.10 Å². The van der Waals surface area contributed by atoms with Gasteiger partial charge < -0.3 is 5.32 Å². The van der Waals surface area contributed by atoms with Gasteiger partial charge in [-0.15, -0.1) is 5.10 Å². The van der Waals surface area contributed by atoms with Gasteiger partial charge >= 0.3 is 0 Å². The summed E-state index contributed by atoms with van der Waals surface area (Å²) in [7, 11) is 0. The molecule has 0 bridgehead atoms. The Labute approximate surface area is 161 Å². The molecule has 2 aromatic heterocycles. The van der Waals surface area contributed by atoms with Crippen molar-refractivity contribution in [2.45, 2.75) is 20.4 Å². The van der Waals surface area contributed by atoms with Crippen LogP contribution in [-0.2, 0) is 11.3 Å². The first kappa shape index (κ1) is 19.2. The number of nitrogens with zero attached hydrogens (tertiary/aromatic N) is 4. The van der Waals surface area contributed by atoms with E-state index >= 15 is 0 Å². The summed E-state index contributed by atoms with van der Waals surface area (Å²) in [6, 6.07) is 10.8. The van der Waals surface area contributed by atoms with E-state index in [0.717, 1.165) is 11.4 Å². The summed E-state index contributed by atoms with van der Waals surface area (Å²) in [6.07, 6.45) is 2.94. The molecule has 0 aliphatic heterocycles. The average molecular weight is 381 g/mol. The van der Waals surface area contributed by atoms with Crippen LogP contribution in [0.2, 0.25) is 0 Å². The van der Waals surface area contributed by atoms with Crippen LogP contribution in [-0.4, -0.2) is 32.0 Å². The first-order chi connectivity index (χ1) is 13.4. The monoisotopic (exact) mass is 381 g/mol. The smallest absolute Gasteiger partial charge is 0.266 e. The van der Waals surface area contributed by atoms with Gasteiger partial charge in [0.2, 0.25) is 5.91 Å². The van der Waals surface area contributed by atoms with E-state index in [-0.39, 0.29) is 30.4 Å². The van der Waals surface area contributed by atoms with Crippen LogP contribution >= 0.6 is 0 Å². The number of aryl methyl sites for hydroxylation is 2. The van der Waals surface area contributed by atoms with Gasteiger partial charge in [-0.25, -0.2) is 13.8 Å². The standard InChI is InChI=1S/C20H20FN5O2/c1-14-13-15(2)26(23-14)18-8-10-20(28)25(24-18)12-11-22-19(27)9-5-16-3-6-17(21)7-4-16/h3-10,13H,11-12H2,1-2H3,(H,22,27)/b9-5+. The lowest BCUT2D eigenvalue weighted by Crippen LogP contribution is -2.31. The zero-order valence-electron chi connectivity index (χ0n) is 15.6. The molecular weight excluding hydrogens is 361 g/mol. The van der Waals surface area contributed by atoms with Crippen LogP contribution < -0.4 is 10.9 Å². The van der Waals surface area contributed by atoms with Gasteiger partial charge in [0.15, 0.2) is 5.82 Å². The molecule has 0 unspecified atom stereocenters. The van der Waals surface area contributed by atoms with E-state index in [1.165, 1.54) is 29.0 Å². The quantitative estimate of drug-likeness (QED) is 0.663. The second kappa shape index (κ2) is 8.43. The van der Waals surface area contributed by atoms with Crippen LogP contribution in [0.1, 0.15) is 17.0 Å². The SMILES string of the molecule is Cc1cc(C)n(-c2ccc(=O)n(CCNC(=O)/C=C/c3ccc(F)cc3)n2)n1. The first-order valence-corrected chi connectivity index (χ1v) is 8.76. The van der Waals surface area contributed by atoms with Crippen molar-refractivity contribution in [1.29, 1.82) is 0 Å². The van der Waals surface area contributed by atoms with E-state index in [2.05, 4.69) is 15.5 Å². The highest BCUT2D eigenvalue weighted by Crippen LogP contribution is 2.07. The molecule has 8 heteroatoms. The van der Waals surface area contributed by atoms with E-state index in [1.54, 1.807) is 29.0 Å². The van der Waals surface area contributed by atoms with Gasteiger partial charge in [-0.05, 0) is 49.8 Å². The van der Waals surface area contributed by atoms with E-state index in [4.69, 9.17) is 0 Å². The predicted molar refractivity (Wildman–Crippen MR) is 104 cm³/mol. The molecule has 0 saturated carbocycles. The predicted octanol–water partition coefficient (Wildman–Crippen LogP) is 2.01. The van der Waals surface area contributed by atoms with Gasteiger partial charge in [-0.1, -0.05) is 12.1 Å². The lowest BCUT2D eigenvalue weighted by atomic mass is 10.2. The lowest BCUT2D eigenvalue weighted by molar-refractivity contribution is -0.116. The van der Waals surface area contributed by atoms with Crippen LogP contribution in [0.4, 0.5) is 4.39 Å². The third kappa shape index (κ3) is 4.79. The molecule has 144 valence electrons. The van der Waals surface area contributed by atoms with Crippen LogP contribution in [0.3, 0.4) is 0 Å². The zero-order chi connectivity index (χ0) is 20.1. The number of aromatic nitrogens is 4. The Bertz CT molecular complexity index is 1070. The number of rotatable bonds is 6. The summed E-state index contributed by atoms with van der Waals surface area (Å²) in [5.74, 6) is -0.109. The molecule has 0 atom stereocenters. The van der Waals surface area contributed by atoms with Gasteiger partial charge in [-0.3, -0.25) is 9.59 Å². The molecule has 1 aromatic carbocycles. The van der Waals surface area contributed by atoms with Gasteiger partial charge in [0, 0.05) is 24.4 Å². The molecule has 0 saturated heterocycles. The van der Waals surface area contributed by atoms with E-state index < -0.39 is 0 Å². The minimum atomic E-state index is -0.331. The Morgan fingerprint density at radius 2 is 1.89 bits per heavy atom. The van der Waals surface area contributed by atoms with Gasteiger partial charge in [0.25, 0.3) is 5.56 Å². The number of carbonyl (C=O) groups is 1. The summed E-state index contributed by atoms with van der Waals surface area (Å²) >= 11 is 0. The summed E-state index contributed by atoms with van der Waals surface area (Å²) in [5.41, 5.74) is 2.22. The molecule has 0 radical (unpaired) electrons. The van der Waals surface area contributed by atoms with Crippen molar-refractivity contribution >= 4 is 12.0 Å². The third-order valence-corrected chi connectivity index (χ3v) is 4.00. The molecule has 1 amide bonds. The second-order valence-electron chi connectivity index (χ2n) is 6.27. The number of benzene rings is 1. The van der Waals surface area contributed by atoms with Crippen molar-refractivity contribution in [2.24, 2.45) is 0 Å². The Hall–Kier alpha value is -3.55.